The molecule has 0 aromatic heterocycles. The van der Waals surface area contributed by atoms with Gasteiger partial charge in [0, 0.05) is 0 Å². The molecule has 0 fully saturated rings. The van der Waals surface area contributed by atoms with Gasteiger partial charge in [0.05, 0.1) is 12.7 Å². The molecule has 0 N–H and O–H groups in total. The third-order valence-electron chi connectivity index (χ3n) is 2.84. The molecular formula is C16H13FO4. The zero-order valence-electron chi connectivity index (χ0n) is 11.6. The van der Waals surface area contributed by atoms with Gasteiger partial charge in [-0.15, -0.1) is 0 Å². The van der Waals surface area contributed by atoms with E-state index >= 15 is 0 Å². The first-order chi connectivity index (χ1) is 10.0. The first kappa shape index (κ1) is 14.7. The predicted octanol–water partition coefficient (Wildman–Crippen LogP) is 3.26. The molecule has 2 rings (SSSR count). The van der Waals surface area contributed by atoms with Crippen molar-refractivity contribution >= 4 is 11.8 Å². The number of hydrogen-bond donors (Lipinski definition) is 0. The molecule has 108 valence electrons. The minimum absolute atomic E-state index is 0.108. The molecule has 0 spiro atoms. The highest BCUT2D eigenvalue weighted by Crippen LogP contribution is 2.29. The number of carbonyl (C=O) groups is 2. The Kier molecular flexibility index (Phi) is 4.33. The Balaban J connectivity index is 2.33. The summed E-state index contributed by atoms with van der Waals surface area (Å²) in [6, 6.07) is 9.66. The standard InChI is InChI=1S/C16H13FO4/c1-10(18)15-13(20-2)4-3-5-14(15)21-16(19)11-6-8-12(17)9-7-11/h3-9H,1-2H3. The molecule has 0 atom stereocenters. The van der Waals surface area contributed by atoms with Gasteiger partial charge < -0.3 is 9.47 Å². The van der Waals surface area contributed by atoms with Crippen LogP contribution in [0.5, 0.6) is 11.5 Å². The average molecular weight is 288 g/mol. The lowest BCUT2D eigenvalue weighted by Gasteiger charge is -2.11. The van der Waals surface area contributed by atoms with Crippen LogP contribution in [0.2, 0.25) is 0 Å². The lowest BCUT2D eigenvalue weighted by atomic mass is 10.1. The van der Waals surface area contributed by atoms with Crippen LogP contribution in [-0.2, 0) is 0 Å². The molecule has 2 aromatic rings. The van der Waals surface area contributed by atoms with Crippen molar-refractivity contribution in [2.45, 2.75) is 6.92 Å². The summed E-state index contributed by atoms with van der Waals surface area (Å²) in [6.07, 6.45) is 0. The largest absolute Gasteiger partial charge is 0.496 e. The fraction of sp³-hybridized carbons (Fsp3) is 0.125. The Morgan fingerprint density at radius 3 is 2.19 bits per heavy atom. The second-order valence-electron chi connectivity index (χ2n) is 4.29. The molecule has 0 heterocycles. The van der Waals surface area contributed by atoms with Gasteiger partial charge in [-0.05, 0) is 43.3 Å². The fourth-order valence-electron chi connectivity index (χ4n) is 1.86. The second-order valence-corrected chi connectivity index (χ2v) is 4.29. The van der Waals surface area contributed by atoms with Crippen LogP contribution in [0.3, 0.4) is 0 Å². The summed E-state index contributed by atoms with van der Waals surface area (Å²) in [6.45, 7) is 1.35. The van der Waals surface area contributed by atoms with E-state index in [-0.39, 0.29) is 22.7 Å². The number of halogens is 1. The van der Waals surface area contributed by atoms with E-state index < -0.39 is 11.8 Å². The van der Waals surface area contributed by atoms with Gasteiger partial charge >= 0.3 is 5.97 Å². The Morgan fingerprint density at radius 1 is 1.00 bits per heavy atom. The fourth-order valence-corrected chi connectivity index (χ4v) is 1.86. The lowest BCUT2D eigenvalue weighted by Crippen LogP contribution is -2.11. The monoisotopic (exact) mass is 288 g/mol. The zero-order valence-corrected chi connectivity index (χ0v) is 11.6. The molecule has 0 unspecified atom stereocenters. The highest BCUT2D eigenvalue weighted by Gasteiger charge is 2.18. The van der Waals surface area contributed by atoms with Crippen LogP contribution in [0.15, 0.2) is 42.5 Å². The summed E-state index contributed by atoms with van der Waals surface area (Å²) in [5.74, 6) is -0.972. The molecule has 0 aliphatic heterocycles. The van der Waals surface area contributed by atoms with Crippen molar-refractivity contribution < 1.29 is 23.5 Å². The Hall–Kier alpha value is -2.69. The van der Waals surface area contributed by atoms with E-state index in [0.717, 1.165) is 12.1 Å². The van der Waals surface area contributed by atoms with Crippen LogP contribution < -0.4 is 9.47 Å². The molecule has 0 radical (unpaired) electrons. The van der Waals surface area contributed by atoms with Crippen LogP contribution in [0.25, 0.3) is 0 Å². The van der Waals surface area contributed by atoms with E-state index in [0.29, 0.717) is 5.75 Å². The number of Topliss-reactive ketones (excluding diaryl/α,β-unsaturated/α-hetero) is 1. The number of esters is 1. The molecule has 21 heavy (non-hydrogen) atoms. The van der Waals surface area contributed by atoms with E-state index in [1.165, 1.54) is 32.2 Å². The van der Waals surface area contributed by atoms with Gasteiger partial charge in [0.15, 0.2) is 5.78 Å². The van der Waals surface area contributed by atoms with Crippen molar-refractivity contribution in [2.24, 2.45) is 0 Å². The van der Waals surface area contributed by atoms with Gasteiger partial charge in [-0.1, -0.05) is 6.07 Å². The van der Waals surface area contributed by atoms with Gasteiger partial charge in [0.25, 0.3) is 0 Å². The predicted molar refractivity (Wildman–Crippen MR) is 74.4 cm³/mol. The van der Waals surface area contributed by atoms with Gasteiger partial charge in [-0.3, -0.25) is 4.79 Å². The minimum atomic E-state index is -0.675. The molecular weight excluding hydrogens is 275 g/mol. The van der Waals surface area contributed by atoms with Crippen LogP contribution in [0.1, 0.15) is 27.6 Å². The molecule has 0 saturated heterocycles. The highest BCUT2D eigenvalue weighted by molar-refractivity contribution is 6.01. The van der Waals surface area contributed by atoms with Crippen LogP contribution >= 0.6 is 0 Å². The summed E-state index contributed by atoms with van der Waals surface area (Å²) in [5.41, 5.74) is 0.379. The van der Waals surface area contributed by atoms with Crippen LogP contribution in [0.4, 0.5) is 4.39 Å². The van der Waals surface area contributed by atoms with E-state index in [1.54, 1.807) is 12.1 Å². The number of hydrogen-bond acceptors (Lipinski definition) is 4. The van der Waals surface area contributed by atoms with Crippen molar-refractivity contribution in [3.63, 3.8) is 0 Å². The number of rotatable bonds is 4. The molecule has 4 nitrogen and oxygen atoms in total. The van der Waals surface area contributed by atoms with E-state index in [2.05, 4.69) is 0 Å². The third kappa shape index (κ3) is 3.25. The molecule has 0 aliphatic carbocycles. The smallest absolute Gasteiger partial charge is 0.343 e. The normalized spacial score (nSPS) is 10.0. The summed E-state index contributed by atoms with van der Waals surface area (Å²) >= 11 is 0. The maximum Gasteiger partial charge on any atom is 0.343 e. The first-order valence-electron chi connectivity index (χ1n) is 6.18. The molecule has 5 heteroatoms. The quantitative estimate of drug-likeness (QED) is 0.492. The van der Waals surface area contributed by atoms with Crippen molar-refractivity contribution in [1.29, 1.82) is 0 Å². The van der Waals surface area contributed by atoms with Crippen molar-refractivity contribution in [3.05, 3.63) is 59.4 Å². The number of ketones is 1. The van der Waals surface area contributed by atoms with E-state index in [9.17, 15) is 14.0 Å². The topological polar surface area (TPSA) is 52.6 Å². The average Bonchev–Trinajstić information content (AvgIpc) is 2.47. The molecule has 0 bridgehead atoms. The summed E-state index contributed by atoms with van der Waals surface area (Å²) < 4.78 is 23.1. The molecule has 0 aliphatic rings. The van der Waals surface area contributed by atoms with Crippen molar-refractivity contribution in [3.8, 4) is 11.5 Å². The first-order valence-corrected chi connectivity index (χ1v) is 6.18. The summed E-state index contributed by atoms with van der Waals surface area (Å²) in [4.78, 5) is 23.7. The van der Waals surface area contributed by atoms with Gasteiger partial charge in [-0.25, -0.2) is 9.18 Å². The zero-order chi connectivity index (χ0) is 15.4. The SMILES string of the molecule is COc1cccc(OC(=O)c2ccc(F)cc2)c1C(C)=O. The Bertz CT molecular complexity index is 677. The van der Waals surface area contributed by atoms with Gasteiger partial charge in [0.1, 0.15) is 22.9 Å². The minimum Gasteiger partial charge on any atom is -0.496 e. The molecule has 0 saturated carbocycles. The highest BCUT2D eigenvalue weighted by atomic mass is 19.1. The maximum absolute atomic E-state index is 12.8. The number of methoxy groups -OCH3 is 1. The van der Waals surface area contributed by atoms with Crippen molar-refractivity contribution in [1.82, 2.24) is 0 Å². The molecule has 2 aromatic carbocycles. The van der Waals surface area contributed by atoms with E-state index in [4.69, 9.17) is 9.47 Å². The Morgan fingerprint density at radius 2 is 1.62 bits per heavy atom. The van der Waals surface area contributed by atoms with Crippen LogP contribution in [-0.4, -0.2) is 18.9 Å². The third-order valence-corrected chi connectivity index (χ3v) is 2.84. The van der Waals surface area contributed by atoms with Crippen molar-refractivity contribution in [2.75, 3.05) is 7.11 Å². The second kappa shape index (κ2) is 6.17. The number of carbonyl (C=O) groups excluding carboxylic acids is 2. The number of benzene rings is 2. The lowest BCUT2D eigenvalue weighted by molar-refractivity contribution is 0.0732. The summed E-state index contributed by atoms with van der Waals surface area (Å²) in [5, 5.41) is 0. The van der Waals surface area contributed by atoms with Gasteiger partial charge in [-0.2, -0.15) is 0 Å². The van der Waals surface area contributed by atoms with E-state index in [1.807, 2.05) is 0 Å². The van der Waals surface area contributed by atoms with Crippen LogP contribution in [0, 0.1) is 5.82 Å². The van der Waals surface area contributed by atoms with Gasteiger partial charge in [0.2, 0.25) is 0 Å². The summed E-state index contributed by atoms with van der Waals surface area (Å²) in [7, 11) is 1.42. The Labute approximate surface area is 121 Å². The maximum atomic E-state index is 12.8. The number of ether oxygens (including phenoxy) is 2. The molecule has 0 amide bonds.